The number of benzene rings is 1. The second kappa shape index (κ2) is 6.81. The number of hydrogen-bond acceptors (Lipinski definition) is 7. The van der Waals surface area contributed by atoms with E-state index in [1.165, 1.54) is 31.4 Å². The van der Waals surface area contributed by atoms with Crippen molar-refractivity contribution in [1.29, 1.82) is 0 Å². The Bertz CT molecular complexity index is 884. The molecule has 0 amide bonds. The summed E-state index contributed by atoms with van der Waals surface area (Å²) in [5, 5.41) is 11.1. The Labute approximate surface area is 167 Å². The van der Waals surface area contributed by atoms with Crippen molar-refractivity contribution in [2.45, 2.75) is 29.8 Å². The number of aliphatic hydroxyl groups excluding tert-OH is 1. The second-order valence-electron chi connectivity index (χ2n) is 6.95. The van der Waals surface area contributed by atoms with Gasteiger partial charge >= 0.3 is 0 Å². The van der Waals surface area contributed by atoms with E-state index in [-0.39, 0.29) is 18.2 Å². The minimum Gasteiger partial charge on any atom is -0.394 e. The number of aromatic amines is 1. The minimum absolute atomic E-state index is 0.00255. The first-order valence-corrected chi connectivity index (χ1v) is 13.2. The summed E-state index contributed by atoms with van der Waals surface area (Å²) in [7, 11) is 5.91. The van der Waals surface area contributed by atoms with E-state index >= 15 is 0 Å². The molecular weight excluding hydrogens is 406 g/mol. The molecule has 4 nitrogen and oxygen atoms in total. The lowest BCUT2D eigenvalue weighted by atomic mass is 9.65. The van der Waals surface area contributed by atoms with E-state index in [4.69, 9.17) is 0 Å². The molecule has 3 fully saturated rings. The van der Waals surface area contributed by atoms with Gasteiger partial charge in [-0.3, -0.25) is 9.59 Å². The maximum absolute atomic E-state index is 13.5. The molecule has 4 atom stereocenters. The van der Waals surface area contributed by atoms with Gasteiger partial charge in [0.15, 0.2) is 11.6 Å². The predicted molar refractivity (Wildman–Crippen MR) is 113 cm³/mol. The molecule has 1 saturated carbocycles. The maximum Gasteiger partial charge on any atom is 0.157 e. The van der Waals surface area contributed by atoms with Crippen LogP contribution in [0.5, 0.6) is 0 Å². The molecule has 8 heteroatoms. The number of carbonyl (C=O) groups is 2. The quantitative estimate of drug-likeness (QED) is 0.711. The van der Waals surface area contributed by atoms with Crippen molar-refractivity contribution in [2.75, 3.05) is 6.61 Å². The van der Waals surface area contributed by atoms with Gasteiger partial charge in [-0.15, -0.1) is 0 Å². The van der Waals surface area contributed by atoms with Crippen molar-refractivity contribution in [1.82, 2.24) is 4.98 Å². The van der Waals surface area contributed by atoms with Gasteiger partial charge < -0.3 is 10.1 Å². The first-order valence-electron chi connectivity index (χ1n) is 8.41. The van der Waals surface area contributed by atoms with Gasteiger partial charge in [-0.2, -0.15) is 0 Å². The van der Waals surface area contributed by atoms with Gasteiger partial charge in [0.1, 0.15) is 4.75 Å². The van der Waals surface area contributed by atoms with E-state index in [1.807, 2.05) is 37.4 Å². The minimum atomic E-state index is -1.03. The summed E-state index contributed by atoms with van der Waals surface area (Å²) >= 11 is 0. The molecule has 2 bridgehead atoms. The fourth-order valence-electron chi connectivity index (χ4n) is 4.03. The lowest BCUT2D eigenvalue weighted by Gasteiger charge is -2.51. The highest BCUT2D eigenvalue weighted by molar-refractivity contribution is 9.26. The van der Waals surface area contributed by atoms with Gasteiger partial charge in [0, 0.05) is 28.9 Å². The van der Waals surface area contributed by atoms with Crippen LogP contribution in [0, 0.1) is 11.8 Å². The number of Topliss-reactive ketones (excluding diaryl/α,β-unsaturated/α-hetero) is 2. The topological polar surface area (TPSA) is 70.2 Å². The normalized spacial score (nSPS) is 34.9. The fourth-order valence-corrected chi connectivity index (χ4v) is 12.4. The summed E-state index contributed by atoms with van der Waals surface area (Å²) in [6, 6.07) is 8.02. The molecule has 0 radical (unpaired) electrons. The van der Waals surface area contributed by atoms with Gasteiger partial charge in [-0.05, 0) is 37.7 Å². The van der Waals surface area contributed by atoms with Crippen molar-refractivity contribution >= 4 is 63.7 Å². The monoisotopic (exact) mass is 425 g/mol. The molecule has 1 aromatic heterocycles. The van der Waals surface area contributed by atoms with Gasteiger partial charge in [0.2, 0.25) is 0 Å². The number of hydrogen-bond donors (Lipinski definition) is 2. The van der Waals surface area contributed by atoms with E-state index in [0.29, 0.717) is 6.42 Å². The Hall–Kier alpha value is -0.540. The number of rotatable bonds is 3. The van der Waals surface area contributed by atoms with Gasteiger partial charge in [-0.1, -0.05) is 53.6 Å². The van der Waals surface area contributed by atoms with Crippen LogP contribution >= 0.6 is 41.2 Å². The molecule has 5 rings (SSSR count). The zero-order valence-corrected chi connectivity index (χ0v) is 17.6. The number of ketones is 2. The molecule has 138 valence electrons. The van der Waals surface area contributed by atoms with Crippen LogP contribution in [0.2, 0.25) is 0 Å². The third-order valence-corrected chi connectivity index (χ3v) is 13.5. The number of H-pyrrole nitrogens is 1. The highest BCUT2D eigenvalue weighted by Gasteiger charge is 2.64. The first kappa shape index (κ1) is 18.8. The van der Waals surface area contributed by atoms with Crippen molar-refractivity contribution in [3.8, 4) is 0 Å². The van der Waals surface area contributed by atoms with Crippen LogP contribution in [0.25, 0.3) is 10.9 Å². The van der Waals surface area contributed by atoms with E-state index in [2.05, 4.69) is 4.98 Å². The maximum atomic E-state index is 13.5. The molecule has 3 heterocycles. The van der Waals surface area contributed by atoms with Crippen molar-refractivity contribution in [3.63, 3.8) is 0 Å². The molecule has 1 aliphatic carbocycles. The Morgan fingerprint density at radius 3 is 2.38 bits per heavy atom. The van der Waals surface area contributed by atoms with Crippen LogP contribution < -0.4 is 0 Å². The van der Waals surface area contributed by atoms with Crippen LogP contribution in [-0.4, -0.2) is 37.8 Å². The zero-order chi connectivity index (χ0) is 18.5. The molecule has 2 aliphatic heterocycles. The number of aromatic nitrogens is 1. The number of carbonyl (C=O) groups excluding carboxylic acids is 2. The van der Waals surface area contributed by atoms with Crippen LogP contribution in [-0.2, 0) is 16.0 Å². The molecule has 2 N–H and O–H groups in total. The third kappa shape index (κ3) is 2.53. The Balaban J connectivity index is 1.82. The Morgan fingerprint density at radius 2 is 1.65 bits per heavy atom. The lowest BCUT2D eigenvalue weighted by molar-refractivity contribution is -0.143. The van der Waals surface area contributed by atoms with Gasteiger partial charge in [0.05, 0.1) is 11.4 Å². The number of aliphatic hydroxyl groups is 1. The first-order chi connectivity index (χ1) is 12.5. The summed E-state index contributed by atoms with van der Waals surface area (Å²) in [6.07, 6.45) is 2.46. The van der Waals surface area contributed by atoms with Crippen molar-refractivity contribution in [3.05, 3.63) is 36.0 Å². The fraction of sp³-hybridized carbons (Fsp3) is 0.444. The average Bonchev–Trinajstić information content (AvgIpc) is 3.06. The van der Waals surface area contributed by atoms with Crippen LogP contribution in [0.3, 0.4) is 0 Å². The predicted octanol–water partition coefficient (Wildman–Crippen LogP) is 4.30. The standard InChI is InChI=1S/C18H19NO3S4/c1-10-16(22)18(9-20)11(2)15(21)17(10,23-25-26-24-18)7-12-8-19-14-6-4-3-5-13(12)14/h3-6,8,10-11,19-20H,7,9H2,1-2H3/t10?,11?,17-,18-/m0/s1. The molecule has 26 heavy (non-hydrogen) atoms. The molecule has 2 saturated heterocycles. The number of nitrogens with one attached hydrogen (secondary N) is 1. The largest absolute Gasteiger partial charge is 0.394 e. The zero-order valence-electron chi connectivity index (χ0n) is 14.4. The average molecular weight is 426 g/mol. The highest BCUT2D eigenvalue weighted by atomic mass is 33.7. The summed E-state index contributed by atoms with van der Waals surface area (Å²) in [5.41, 5.74) is 2.09. The van der Waals surface area contributed by atoms with Gasteiger partial charge in [0.25, 0.3) is 0 Å². The van der Waals surface area contributed by atoms with Crippen LogP contribution in [0.1, 0.15) is 19.4 Å². The number of fused-ring (bicyclic) bond motifs is 6. The van der Waals surface area contributed by atoms with Crippen molar-refractivity contribution in [2.24, 2.45) is 11.8 Å². The van der Waals surface area contributed by atoms with E-state index < -0.39 is 21.3 Å². The second-order valence-corrected chi connectivity index (χ2v) is 13.3. The SMILES string of the molecule is CC1C(=O)[C@@]2(Cc3c[nH]c4ccccc34)SSSS[C@]1(CO)C(=O)C2C. The summed E-state index contributed by atoms with van der Waals surface area (Å²) in [4.78, 5) is 30.1. The van der Waals surface area contributed by atoms with Crippen LogP contribution in [0.4, 0.5) is 0 Å². The summed E-state index contributed by atoms with van der Waals surface area (Å²) in [5.74, 6) is -0.878. The van der Waals surface area contributed by atoms with Crippen LogP contribution in [0.15, 0.2) is 30.5 Å². The molecule has 0 spiro atoms. The molecule has 1 aromatic carbocycles. The van der Waals surface area contributed by atoms with E-state index in [1.54, 1.807) is 16.7 Å². The molecule has 3 aliphatic rings. The molecule has 2 unspecified atom stereocenters. The van der Waals surface area contributed by atoms with Crippen molar-refractivity contribution < 1.29 is 14.7 Å². The van der Waals surface area contributed by atoms with E-state index in [9.17, 15) is 14.7 Å². The number of para-hydroxylation sites is 1. The Morgan fingerprint density at radius 1 is 1.04 bits per heavy atom. The summed E-state index contributed by atoms with van der Waals surface area (Å²) < 4.78 is -1.84. The van der Waals surface area contributed by atoms with E-state index in [0.717, 1.165) is 16.5 Å². The van der Waals surface area contributed by atoms with Gasteiger partial charge in [-0.25, -0.2) is 0 Å². The molecule has 2 aromatic rings. The Kier molecular flexibility index (Phi) is 4.93. The smallest absolute Gasteiger partial charge is 0.157 e. The third-order valence-electron chi connectivity index (χ3n) is 5.78. The highest BCUT2D eigenvalue weighted by Crippen LogP contribution is 2.64. The lowest BCUT2D eigenvalue weighted by Crippen LogP contribution is -2.65. The summed E-state index contributed by atoms with van der Waals surface area (Å²) in [6.45, 7) is 3.36. The molecular formula is C18H19NO3S4.